The Morgan fingerprint density at radius 3 is 2.66 bits per heavy atom. The summed E-state index contributed by atoms with van der Waals surface area (Å²) in [6.07, 6.45) is 3.27. The van der Waals surface area contributed by atoms with Gasteiger partial charge in [-0.1, -0.05) is 44.2 Å². The molecular weight excluding hydrogens is 402 g/mol. The van der Waals surface area contributed by atoms with Gasteiger partial charge in [0, 0.05) is 31.1 Å². The molecule has 0 bridgehead atoms. The molecule has 2 amide bonds. The van der Waals surface area contributed by atoms with Gasteiger partial charge in [-0.05, 0) is 61.7 Å². The number of likely N-dealkylation sites (N-methyl/N-ethyl adjacent to an activating group) is 1. The highest BCUT2D eigenvalue weighted by atomic mass is 16.5. The van der Waals surface area contributed by atoms with Gasteiger partial charge in [-0.15, -0.1) is 0 Å². The molecule has 0 radical (unpaired) electrons. The second kappa shape index (κ2) is 12.2. The fraction of sp³-hybridized carbons (Fsp3) is 0.462. The summed E-state index contributed by atoms with van der Waals surface area (Å²) < 4.78 is 5.83. The van der Waals surface area contributed by atoms with E-state index in [0.29, 0.717) is 32.4 Å². The van der Waals surface area contributed by atoms with Crippen molar-refractivity contribution in [3.8, 4) is 5.75 Å². The van der Waals surface area contributed by atoms with Gasteiger partial charge in [0.1, 0.15) is 5.75 Å². The van der Waals surface area contributed by atoms with Crippen LogP contribution in [0.25, 0.3) is 0 Å². The Kier molecular flexibility index (Phi) is 9.11. The highest BCUT2D eigenvalue weighted by Gasteiger charge is 2.18. The molecule has 0 saturated carbocycles. The standard InChI is InChI=1S/C26H35N3O3/c1-3-29(4-2)22(17-20-9-6-5-7-10-20)19-27-25(30)11-8-16-32-23-13-14-24-21(18-23)12-15-26(31)28-24/h5-7,9-10,13-14,18,22H,3-4,8,11-12,15-17,19H2,1-2H3,(H,27,30)(H,28,31). The van der Waals surface area contributed by atoms with Crippen molar-refractivity contribution < 1.29 is 14.3 Å². The third-order valence-corrected chi connectivity index (χ3v) is 5.97. The second-order valence-corrected chi connectivity index (χ2v) is 8.19. The normalized spacial score (nSPS) is 13.9. The quantitative estimate of drug-likeness (QED) is 0.496. The number of hydrogen-bond acceptors (Lipinski definition) is 4. The first kappa shape index (κ1) is 23.8. The molecule has 0 fully saturated rings. The van der Waals surface area contributed by atoms with Gasteiger partial charge in [0.15, 0.2) is 0 Å². The molecule has 6 nitrogen and oxygen atoms in total. The maximum atomic E-state index is 12.4. The molecule has 1 aliphatic heterocycles. The zero-order valence-electron chi connectivity index (χ0n) is 19.2. The number of nitrogens with zero attached hydrogens (tertiary/aromatic N) is 1. The van der Waals surface area contributed by atoms with Gasteiger partial charge in [0.2, 0.25) is 11.8 Å². The van der Waals surface area contributed by atoms with Crippen LogP contribution in [-0.4, -0.2) is 49.0 Å². The molecule has 0 aromatic heterocycles. The maximum absolute atomic E-state index is 12.4. The molecular formula is C26H35N3O3. The maximum Gasteiger partial charge on any atom is 0.224 e. The van der Waals surface area contributed by atoms with Gasteiger partial charge >= 0.3 is 0 Å². The number of hydrogen-bond donors (Lipinski definition) is 2. The van der Waals surface area contributed by atoms with Crippen LogP contribution in [-0.2, 0) is 22.4 Å². The molecule has 1 aliphatic rings. The van der Waals surface area contributed by atoms with Crippen LogP contribution in [0.5, 0.6) is 5.75 Å². The van der Waals surface area contributed by atoms with Crippen molar-refractivity contribution in [3.63, 3.8) is 0 Å². The molecule has 1 heterocycles. The highest BCUT2D eigenvalue weighted by molar-refractivity contribution is 5.94. The first-order valence-electron chi connectivity index (χ1n) is 11.7. The second-order valence-electron chi connectivity index (χ2n) is 8.19. The summed E-state index contributed by atoms with van der Waals surface area (Å²) in [6, 6.07) is 16.4. The number of anilines is 1. The third kappa shape index (κ3) is 7.09. The van der Waals surface area contributed by atoms with Crippen molar-refractivity contribution >= 4 is 17.5 Å². The minimum atomic E-state index is 0.0594. The number of ether oxygens (including phenoxy) is 1. The van der Waals surface area contributed by atoms with Gasteiger partial charge in [-0.25, -0.2) is 0 Å². The Labute approximate surface area is 191 Å². The Hall–Kier alpha value is -2.86. The first-order chi connectivity index (χ1) is 15.6. The number of aryl methyl sites for hydroxylation is 1. The summed E-state index contributed by atoms with van der Waals surface area (Å²) >= 11 is 0. The number of nitrogens with one attached hydrogen (secondary N) is 2. The number of rotatable bonds is 12. The van der Waals surface area contributed by atoms with Gasteiger partial charge < -0.3 is 15.4 Å². The molecule has 2 aromatic rings. The lowest BCUT2D eigenvalue weighted by molar-refractivity contribution is -0.121. The molecule has 3 rings (SSSR count). The average Bonchev–Trinajstić information content (AvgIpc) is 2.81. The Balaban J connectivity index is 1.41. The van der Waals surface area contributed by atoms with Crippen molar-refractivity contribution in [1.29, 1.82) is 0 Å². The van der Waals surface area contributed by atoms with Crippen LogP contribution < -0.4 is 15.4 Å². The van der Waals surface area contributed by atoms with Crippen molar-refractivity contribution in [2.75, 3.05) is 31.6 Å². The molecule has 1 atom stereocenters. The Bertz CT molecular complexity index is 881. The van der Waals surface area contributed by atoms with Gasteiger partial charge in [-0.3, -0.25) is 14.5 Å². The topological polar surface area (TPSA) is 70.7 Å². The van der Waals surface area contributed by atoms with E-state index in [1.54, 1.807) is 0 Å². The predicted molar refractivity (Wildman–Crippen MR) is 128 cm³/mol. The van der Waals surface area contributed by atoms with Crippen LogP contribution in [0.4, 0.5) is 5.69 Å². The lowest BCUT2D eigenvalue weighted by Crippen LogP contribution is -2.45. The van der Waals surface area contributed by atoms with Crippen LogP contribution in [0.1, 0.15) is 44.2 Å². The molecule has 1 unspecified atom stereocenters. The summed E-state index contributed by atoms with van der Waals surface area (Å²) in [7, 11) is 0. The zero-order chi connectivity index (χ0) is 22.8. The van der Waals surface area contributed by atoms with Crippen molar-refractivity contribution in [2.45, 2.75) is 52.0 Å². The molecule has 2 aromatic carbocycles. The van der Waals surface area contributed by atoms with E-state index in [2.05, 4.69) is 53.6 Å². The fourth-order valence-corrected chi connectivity index (χ4v) is 4.15. The smallest absolute Gasteiger partial charge is 0.224 e. The molecule has 0 saturated heterocycles. The monoisotopic (exact) mass is 437 g/mol. The minimum absolute atomic E-state index is 0.0594. The van der Waals surface area contributed by atoms with E-state index in [9.17, 15) is 9.59 Å². The van der Waals surface area contributed by atoms with E-state index >= 15 is 0 Å². The minimum Gasteiger partial charge on any atom is -0.494 e. The van der Waals surface area contributed by atoms with E-state index < -0.39 is 0 Å². The summed E-state index contributed by atoms with van der Waals surface area (Å²) in [5.74, 6) is 0.904. The number of amides is 2. The van der Waals surface area contributed by atoms with E-state index in [-0.39, 0.29) is 17.9 Å². The number of benzene rings is 2. The Morgan fingerprint density at radius 1 is 1.12 bits per heavy atom. The summed E-state index contributed by atoms with van der Waals surface area (Å²) in [5.41, 5.74) is 3.25. The molecule has 172 valence electrons. The van der Waals surface area contributed by atoms with Crippen LogP contribution in [0, 0.1) is 0 Å². The van der Waals surface area contributed by atoms with Crippen LogP contribution in [0.3, 0.4) is 0 Å². The van der Waals surface area contributed by atoms with Crippen LogP contribution >= 0.6 is 0 Å². The van der Waals surface area contributed by atoms with Gasteiger partial charge in [0.05, 0.1) is 6.61 Å². The lowest BCUT2D eigenvalue weighted by Gasteiger charge is -2.30. The number of carbonyl (C=O) groups excluding carboxylic acids is 2. The summed E-state index contributed by atoms with van der Waals surface area (Å²) in [6.45, 7) is 7.38. The molecule has 6 heteroatoms. The molecule has 0 spiro atoms. The van der Waals surface area contributed by atoms with Crippen LogP contribution in [0.2, 0.25) is 0 Å². The fourth-order valence-electron chi connectivity index (χ4n) is 4.15. The molecule has 32 heavy (non-hydrogen) atoms. The largest absolute Gasteiger partial charge is 0.494 e. The predicted octanol–water partition coefficient (Wildman–Crippen LogP) is 3.80. The zero-order valence-corrected chi connectivity index (χ0v) is 19.2. The SMILES string of the molecule is CCN(CC)C(CNC(=O)CCCOc1ccc2c(c1)CCC(=O)N2)Cc1ccccc1. The van der Waals surface area contributed by atoms with Crippen molar-refractivity contribution in [2.24, 2.45) is 0 Å². The number of carbonyl (C=O) groups is 2. The van der Waals surface area contributed by atoms with Gasteiger partial charge in [0.25, 0.3) is 0 Å². The van der Waals surface area contributed by atoms with E-state index in [0.717, 1.165) is 42.9 Å². The van der Waals surface area contributed by atoms with E-state index in [1.807, 2.05) is 24.3 Å². The van der Waals surface area contributed by atoms with Crippen molar-refractivity contribution in [3.05, 3.63) is 59.7 Å². The van der Waals surface area contributed by atoms with E-state index in [4.69, 9.17) is 4.74 Å². The lowest BCUT2D eigenvalue weighted by atomic mass is 10.0. The first-order valence-corrected chi connectivity index (χ1v) is 11.7. The molecule has 0 aliphatic carbocycles. The Morgan fingerprint density at radius 2 is 1.91 bits per heavy atom. The summed E-state index contributed by atoms with van der Waals surface area (Å²) in [4.78, 5) is 26.3. The number of fused-ring (bicyclic) bond motifs is 1. The highest BCUT2D eigenvalue weighted by Crippen LogP contribution is 2.26. The third-order valence-electron chi connectivity index (χ3n) is 5.97. The van der Waals surface area contributed by atoms with Crippen molar-refractivity contribution in [1.82, 2.24) is 10.2 Å². The van der Waals surface area contributed by atoms with Gasteiger partial charge in [-0.2, -0.15) is 0 Å². The summed E-state index contributed by atoms with van der Waals surface area (Å²) in [5, 5.41) is 5.99. The molecule has 2 N–H and O–H groups in total. The average molecular weight is 438 g/mol. The van der Waals surface area contributed by atoms with Crippen LogP contribution in [0.15, 0.2) is 48.5 Å². The van der Waals surface area contributed by atoms with E-state index in [1.165, 1.54) is 5.56 Å².